The smallest absolute Gasteiger partial charge is 0.416 e. The van der Waals surface area contributed by atoms with E-state index in [1.54, 1.807) is 13.0 Å². The Kier molecular flexibility index (Phi) is 11.0. The van der Waals surface area contributed by atoms with Crippen LogP contribution in [0.5, 0.6) is 11.6 Å². The van der Waals surface area contributed by atoms with Gasteiger partial charge in [0, 0.05) is 18.7 Å². The van der Waals surface area contributed by atoms with Crippen LogP contribution in [0.4, 0.5) is 42.8 Å². The van der Waals surface area contributed by atoms with E-state index in [-0.39, 0.29) is 54.0 Å². The van der Waals surface area contributed by atoms with Gasteiger partial charge in [-0.15, -0.1) is 0 Å². The van der Waals surface area contributed by atoms with E-state index in [1.807, 2.05) is 6.92 Å². The molecule has 1 amide bonds. The monoisotopic (exact) mass is 715 g/mol. The number of aromatic nitrogens is 3. The molecule has 2 aliphatic rings. The lowest BCUT2D eigenvalue weighted by atomic mass is 9.92. The van der Waals surface area contributed by atoms with Crippen molar-refractivity contribution >= 4 is 28.9 Å². The maximum absolute atomic E-state index is 13.9. The molecule has 0 bridgehead atoms. The van der Waals surface area contributed by atoms with Crippen molar-refractivity contribution in [3.05, 3.63) is 65.1 Å². The first-order valence-corrected chi connectivity index (χ1v) is 17.1. The summed E-state index contributed by atoms with van der Waals surface area (Å²) in [7, 11) is 1.38. The van der Waals surface area contributed by atoms with Crippen molar-refractivity contribution < 1.29 is 49.9 Å². The van der Waals surface area contributed by atoms with Crippen LogP contribution in [-0.4, -0.2) is 63.0 Å². The van der Waals surface area contributed by atoms with Crippen LogP contribution >= 0.6 is 0 Å². The van der Waals surface area contributed by atoms with Gasteiger partial charge in [0.25, 0.3) is 0 Å². The van der Waals surface area contributed by atoms with Gasteiger partial charge in [0.05, 0.1) is 54.7 Å². The van der Waals surface area contributed by atoms with Gasteiger partial charge in [-0.1, -0.05) is 6.92 Å². The fraction of sp³-hybridized carbons (Fsp3) is 0.500. The summed E-state index contributed by atoms with van der Waals surface area (Å²) < 4.78 is 112. The number of fused-ring (bicyclic) bond motifs is 1. The van der Waals surface area contributed by atoms with E-state index in [1.165, 1.54) is 35.4 Å². The summed E-state index contributed by atoms with van der Waals surface area (Å²) >= 11 is -1.02. The molecule has 2 aliphatic heterocycles. The molecule has 17 heteroatoms. The van der Waals surface area contributed by atoms with Crippen LogP contribution in [0.25, 0.3) is 0 Å². The Morgan fingerprint density at radius 2 is 1.73 bits per heavy atom. The first-order chi connectivity index (χ1) is 23.2. The van der Waals surface area contributed by atoms with Crippen LogP contribution in [0.1, 0.15) is 68.0 Å². The van der Waals surface area contributed by atoms with Crippen molar-refractivity contribution in [2.45, 2.75) is 76.6 Å². The highest BCUT2D eigenvalue weighted by molar-refractivity contribution is 7.91. The van der Waals surface area contributed by atoms with Crippen LogP contribution in [-0.2, 0) is 34.8 Å². The summed E-state index contributed by atoms with van der Waals surface area (Å²) in [5, 5.41) is 0. The SMILES string of the molecule is CCOC(=O)N1c2ccc(OC)nc2[C@@H](N(Cc2cc(C(F)(F)F)cc(C(F)(F)F)c2)c2ncc(OC3CCC[S+]([O-])C3)cn2)C[C@H]1CC. The molecule has 1 aromatic carbocycles. The Bertz CT molecular complexity index is 1580. The van der Waals surface area contributed by atoms with Gasteiger partial charge in [-0.25, -0.2) is 19.7 Å². The molecule has 49 heavy (non-hydrogen) atoms. The van der Waals surface area contributed by atoms with Gasteiger partial charge in [0.1, 0.15) is 17.6 Å². The number of benzene rings is 1. The number of alkyl halides is 6. The molecule has 2 unspecified atom stereocenters. The molecule has 0 aliphatic carbocycles. The zero-order valence-electron chi connectivity index (χ0n) is 26.9. The lowest BCUT2D eigenvalue weighted by Crippen LogP contribution is -2.48. The second kappa shape index (κ2) is 14.9. The van der Waals surface area contributed by atoms with E-state index in [4.69, 9.17) is 14.2 Å². The minimum absolute atomic E-state index is 0.0365. The highest BCUT2D eigenvalue weighted by atomic mass is 32.2. The Morgan fingerprint density at radius 3 is 2.31 bits per heavy atom. The Morgan fingerprint density at radius 1 is 1.06 bits per heavy atom. The van der Waals surface area contributed by atoms with Gasteiger partial charge in [-0.3, -0.25) is 4.90 Å². The lowest BCUT2D eigenvalue weighted by molar-refractivity contribution is -0.143. The standard InChI is InChI=1S/C32H35F6N5O5S/c1-4-22-14-26(28-25(8-9-27(41-28)46-3)43(22)30(44)47-5-2)42(17-19-11-20(31(33,34)35)13-21(12-19)32(36,37)38)29-39-15-24(16-40-29)48-23-7-6-10-49(45)18-23/h8-9,11-13,15-16,22-23,26H,4-7,10,14,17-18H2,1-3H3/t22-,23?,26+,49?/m1/s1. The van der Waals surface area contributed by atoms with Crippen molar-refractivity contribution in [2.75, 3.05) is 35.0 Å². The second-order valence-electron chi connectivity index (χ2n) is 11.6. The van der Waals surface area contributed by atoms with Gasteiger partial charge >= 0.3 is 18.4 Å². The van der Waals surface area contributed by atoms with Crippen LogP contribution in [0.2, 0.25) is 0 Å². The number of rotatable bonds is 9. The second-order valence-corrected chi connectivity index (χ2v) is 13.2. The van der Waals surface area contributed by atoms with Crippen LogP contribution in [0, 0.1) is 0 Å². The van der Waals surface area contributed by atoms with Gasteiger partial charge < -0.3 is 23.7 Å². The van der Waals surface area contributed by atoms with E-state index >= 15 is 0 Å². The fourth-order valence-corrected chi connectivity index (χ4v) is 7.33. The Hall–Kier alpha value is -3.99. The van der Waals surface area contributed by atoms with Gasteiger partial charge in [-0.05, 0) is 73.6 Å². The van der Waals surface area contributed by atoms with E-state index in [2.05, 4.69) is 15.0 Å². The predicted molar refractivity (Wildman–Crippen MR) is 168 cm³/mol. The molecule has 5 rings (SSSR count). The minimum Gasteiger partial charge on any atom is -0.616 e. The molecular formula is C32H35F6N5O5S. The molecule has 3 aromatic rings. The zero-order chi connectivity index (χ0) is 35.5. The first-order valence-electron chi connectivity index (χ1n) is 15.6. The molecule has 0 radical (unpaired) electrons. The molecule has 10 nitrogen and oxygen atoms in total. The topological polar surface area (TPSA) is 113 Å². The molecule has 1 saturated heterocycles. The van der Waals surface area contributed by atoms with E-state index in [0.29, 0.717) is 42.2 Å². The lowest BCUT2D eigenvalue weighted by Gasteiger charge is -2.43. The average Bonchev–Trinajstić information content (AvgIpc) is 3.06. The van der Waals surface area contributed by atoms with E-state index in [0.717, 1.165) is 6.42 Å². The Balaban J connectivity index is 1.62. The number of carbonyl (C=O) groups is 1. The average molecular weight is 716 g/mol. The maximum Gasteiger partial charge on any atom is 0.416 e. The molecule has 4 atom stereocenters. The number of nitrogens with zero attached hydrogens (tertiary/aromatic N) is 5. The third kappa shape index (κ3) is 8.43. The quantitative estimate of drug-likeness (QED) is 0.169. The van der Waals surface area contributed by atoms with Crippen molar-refractivity contribution in [1.82, 2.24) is 15.0 Å². The molecule has 1 fully saturated rings. The van der Waals surface area contributed by atoms with Gasteiger partial charge in [0.15, 0.2) is 5.75 Å². The number of hydrogen-bond acceptors (Lipinski definition) is 9. The summed E-state index contributed by atoms with van der Waals surface area (Å²) in [5.41, 5.74) is -2.64. The molecular weight excluding hydrogens is 680 g/mol. The molecule has 2 aromatic heterocycles. The van der Waals surface area contributed by atoms with Crippen LogP contribution < -0.4 is 19.3 Å². The summed E-state index contributed by atoms with van der Waals surface area (Å²) in [6.45, 7) is 3.09. The van der Waals surface area contributed by atoms with Crippen molar-refractivity contribution in [1.29, 1.82) is 0 Å². The number of methoxy groups -OCH3 is 1. The molecule has 4 heterocycles. The van der Waals surface area contributed by atoms with Crippen LogP contribution in [0.3, 0.4) is 0 Å². The number of halogens is 6. The van der Waals surface area contributed by atoms with Gasteiger partial charge in [-0.2, -0.15) is 26.3 Å². The van der Waals surface area contributed by atoms with Gasteiger partial charge in [0.2, 0.25) is 11.8 Å². The van der Waals surface area contributed by atoms with Crippen molar-refractivity contribution in [3.63, 3.8) is 0 Å². The fourth-order valence-electron chi connectivity index (χ4n) is 6.02. The normalized spacial score (nSPS) is 21.1. The number of hydrogen-bond donors (Lipinski definition) is 0. The summed E-state index contributed by atoms with van der Waals surface area (Å²) in [4.78, 5) is 29.5. The minimum atomic E-state index is -5.06. The number of pyridine rings is 1. The molecule has 0 saturated carbocycles. The highest BCUT2D eigenvalue weighted by Gasteiger charge is 2.42. The summed E-state index contributed by atoms with van der Waals surface area (Å²) in [6, 6.07) is 3.17. The number of carbonyl (C=O) groups excluding carboxylic acids is 1. The number of anilines is 2. The van der Waals surface area contributed by atoms with Crippen LogP contribution in [0.15, 0.2) is 42.7 Å². The third-order valence-electron chi connectivity index (χ3n) is 8.28. The number of ether oxygens (including phenoxy) is 3. The Labute approximate surface area is 282 Å². The predicted octanol–water partition coefficient (Wildman–Crippen LogP) is 7.10. The van der Waals surface area contributed by atoms with E-state index < -0.39 is 59.4 Å². The highest BCUT2D eigenvalue weighted by Crippen LogP contribution is 2.44. The van der Waals surface area contributed by atoms with E-state index in [9.17, 15) is 35.7 Å². The largest absolute Gasteiger partial charge is 0.616 e. The molecule has 0 spiro atoms. The third-order valence-corrected chi connectivity index (χ3v) is 9.77. The zero-order valence-corrected chi connectivity index (χ0v) is 27.7. The molecule has 266 valence electrons. The summed E-state index contributed by atoms with van der Waals surface area (Å²) in [6.07, 6.45) is -6.41. The van der Waals surface area contributed by atoms with Crippen molar-refractivity contribution in [2.24, 2.45) is 0 Å². The summed E-state index contributed by atoms with van der Waals surface area (Å²) in [5.74, 6) is 1.31. The molecule has 0 N–H and O–H groups in total. The maximum atomic E-state index is 13.9. The first kappa shape index (κ1) is 36.3. The van der Waals surface area contributed by atoms with Crippen molar-refractivity contribution in [3.8, 4) is 11.6 Å². The number of amides is 1.